The van der Waals surface area contributed by atoms with E-state index in [9.17, 15) is 0 Å². The maximum atomic E-state index is 5.44. The Balaban J connectivity index is 2.34. The molecule has 1 rings (SSSR count). The highest BCUT2D eigenvalue weighted by molar-refractivity contribution is 4.81. The van der Waals surface area contributed by atoms with Crippen LogP contribution in [0.4, 0.5) is 0 Å². The van der Waals surface area contributed by atoms with Crippen LogP contribution in [0, 0.1) is 5.92 Å². The Morgan fingerprint density at radius 1 is 1.17 bits per heavy atom. The van der Waals surface area contributed by atoms with Crippen molar-refractivity contribution in [3.63, 3.8) is 0 Å². The molecule has 3 nitrogen and oxygen atoms in total. The van der Waals surface area contributed by atoms with Gasteiger partial charge in [-0.1, -0.05) is 26.2 Å². The average molecular weight is 256 g/mol. The molecule has 1 aliphatic rings. The summed E-state index contributed by atoms with van der Waals surface area (Å²) in [5.74, 6) is 0.819. The van der Waals surface area contributed by atoms with E-state index in [1.165, 1.54) is 38.6 Å². The summed E-state index contributed by atoms with van der Waals surface area (Å²) in [6.07, 6.45) is 6.97. The molecule has 1 aliphatic carbocycles. The Hall–Kier alpha value is -0.120. The van der Waals surface area contributed by atoms with Gasteiger partial charge in [-0.25, -0.2) is 0 Å². The Kier molecular flexibility index (Phi) is 8.64. The number of likely N-dealkylation sites (N-methyl/N-ethyl adjacent to an activating group) is 1. The van der Waals surface area contributed by atoms with E-state index in [0.29, 0.717) is 0 Å². The Morgan fingerprint density at radius 3 is 2.67 bits per heavy atom. The van der Waals surface area contributed by atoms with Crippen LogP contribution >= 0.6 is 0 Å². The number of hydrogen-bond donors (Lipinski definition) is 1. The molecular formula is C15H32N2O. The Morgan fingerprint density at radius 2 is 1.94 bits per heavy atom. The largest absolute Gasteiger partial charge is 0.380 e. The number of ether oxygens (including phenoxy) is 1. The van der Waals surface area contributed by atoms with Crippen molar-refractivity contribution in [1.82, 2.24) is 10.2 Å². The van der Waals surface area contributed by atoms with Crippen LogP contribution in [0.5, 0.6) is 0 Å². The summed E-state index contributed by atoms with van der Waals surface area (Å²) < 4.78 is 5.44. The van der Waals surface area contributed by atoms with Crippen LogP contribution in [0.3, 0.4) is 0 Å². The highest BCUT2D eigenvalue weighted by Gasteiger charge is 2.23. The van der Waals surface area contributed by atoms with Gasteiger partial charge in [-0.15, -0.1) is 0 Å². The summed E-state index contributed by atoms with van der Waals surface area (Å²) in [5, 5.41) is 3.69. The van der Waals surface area contributed by atoms with Gasteiger partial charge in [-0.3, -0.25) is 0 Å². The van der Waals surface area contributed by atoms with Crippen LogP contribution in [-0.4, -0.2) is 50.8 Å². The minimum absolute atomic E-state index is 0.729. The lowest BCUT2D eigenvalue weighted by Gasteiger charge is -2.30. The molecule has 0 aromatic rings. The van der Waals surface area contributed by atoms with Crippen LogP contribution in [-0.2, 0) is 4.74 Å². The van der Waals surface area contributed by atoms with E-state index in [1.54, 1.807) is 0 Å². The van der Waals surface area contributed by atoms with Gasteiger partial charge in [0.2, 0.25) is 0 Å². The minimum atomic E-state index is 0.729. The van der Waals surface area contributed by atoms with Crippen LogP contribution < -0.4 is 5.32 Å². The second-order valence-electron chi connectivity index (χ2n) is 5.52. The summed E-state index contributed by atoms with van der Waals surface area (Å²) >= 11 is 0. The van der Waals surface area contributed by atoms with Gasteiger partial charge in [0.1, 0.15) is 0 Å². The Labute approximate surface area is 113 Å². The highest BCUT2D eigenvalue weighted by atomic mass is 16.5. The first-order chi connectivity index (χ1) is 8.77. The van der Waals surface area contributed by atoms with Crippen molar-refractivity contribution in [3.05, 3.63) is 0 Å². The van der Waals surface area contributed by atoms with Gasteiger partial charge in [-0.05, 0) is 39.3 Å². The molecular weight excluding hydrogens is 224 g/mol. The molecule has 0 saturated heterocycles. The first-order valence-electron chi connectivity index (χ1n) is 7.77. The fourth-order valence-corrected chi connectivity index (χ4v) is 2.99. The van der Waals surface area contributed by atoms with Crippen molar-refractivity contribution in [3.8, 4) is 0 Å². The molecule has 0 aliphatic heterocycles. The molecule has 0 bridgehead atoms. The van der Waals surface area contributed by atoms with Crippen LogP contribution in [0.25, 0.3) is 0 Å². The van der Waals surface area contributed by atoms with Crippen molar-refractivity contribution in [1.29, 1.82) is 0 Å². The molecule has 1 fully saturated rings. The summed E-state index contributed by atoms with van der Waals surface area (Å²) in [6.45, 7) is 9.36. The van der Waals surface area contributed by atoms with Crippen molar-refractivity contribution >= 4 is 0 Å². The molecule has 0 radical (unpaired) electrons. The van der Waals surface area contributed by atoms with Crippen LogP contribution in [0.2, 0.25) is 0 Å². The first kappa shape index (κ1) is 15.9. The summed E-state index contributed by atoms with van der Waals surface area (Å²) in [6, 6.07) is 0.729. The predicted octanol–water partition coefficient (Wildman–Crippen LogP) is 2.51. The minimum Gasteiger partial charge on any atom is -0.380 e. The fourth-order valence-electron chi connectivity index (χ4n) is 2.99. The molecule has 1 saturated carbocycles. The number of nitrogens with one attached hydrogen (secondary N) is 1. The van der Waals surface area contributed by atoms with Gasteiger partial charge < -0.3 is 15.0 Å². The molecule has 18 heavy (non-hydrogen) atoms. The van der Waals surface area contributed by atoms with Crippen molar-refractivity contribution < 1.29 is 4.74 Å². The average Bonchev–Trinajstić information content (AvgIpc) is 2.56. The topological polar surface area (TPSA) is 24.5 Å². The van der Waals surface area contributed by atoms with Crippen molar-refractivity contribution in [2.75, 3.05) is 39.9 Å². The van der Waals surface area contributed by atoms with Crippen LogP contribution in [0.15, 0.2) is 0 Å². The first-order valence-corrected chi connectivity index (χ1v) is 7.77. The molecule has 3 heteroatoms. The number of rotatable bonds is 8. The van der Waals surface area contributed by atoms with E-state index in [1.807, 2.05) is 0 Å². The third-order valence-corrected chi connectivity index (χ3v) is 3.99. The van der Waals surface area contributed by atoms with Gasteiger partial charge >= 0.3 is 0 Å². The molecule has 108 valence electrons. The van der Waals surface area contributed by atoms with Crippen molar-refractivity contribution in [2.24, 2.45) is 5.92 Å². The zero-order valence-electron chi connectivity index (χ0n) is 12.6. The molecule has 1 N–H and O–H groups in total. The van der Waals surface area contributed by atoms with Gasteiger partial charge in [-0.2, -0.15) is 0 Å². The van der Waals surface area contributed by atoms with Gasteiger partial charge in [0.15, 0.2) is 0 Å². The molecule has 0 aromatic heterocycles. The number of nitrogens with zero attached hydrogens (tertiary/aromatic N) is 1. The molecule has 0 amide bonds. The molecule has 2 atom stereocenters. The van der Waals surface area contributed by atoms with Gasteiger partial charge in [0.05, 0.1) is 6.61 Å². The van der Waals surface area contributed by atoms with E-state index < -0.39 is 0 Å². The molecule has 0 heterocycles. The van der Waals surface area contributed by atoms with E-state index in [2.05, 4.69) is 31.1 Å². The summed E-state index contributed by atoms with van der Waals surface area (Å²) in [7, 11) is 2.23. The lowest BCUT2D eigenvalue weighted by atomic mass is 9.94. The SMILES string of the molecule is CCNC1CCCCCC1CN(C)CCOCC. The quantitative estimate of drug-likeness (QED) is 0.533. The monoisotopic (exact) mass is 256 g/mol. The maximum Gasteiger partial charge on any atom is 0.0593 e. The van der Waals surface area contributed by atoms with Crippen LogP contribution in [0.1, 0.15) is 46.0 Å². The van der Waals surface area contributed by atoms with Gasteiger partial charge in [0.25, 0.3) is 0 Å². The Bertz CT molecular complexity index is 199. The normalized spacial score (nSPS) is 25.3. The fraction of sp³-hybridized carbons (Fsp3) is 1.00. The lowest BCUT2D eigenvalue weighted by Crippen LogP contribution is -2.41. The van der Waals surface area contributed by atoms with E-state index in [0.717, 1.165) is 38.3 Å². The van der Waals surface area contributed by atoms with E-state index in [-0.39, 0.29) is 0 Å². The highest BCUT2D eigenvalue weighted by Crippen LogP contribution is 2.24. The van der Waals surface area contributed by atoms with E-state index >= 15 is 0 Å². The summed E-state index contributed by atoms with van der Waals surface area (Å²) in [5.41, 5.74) is 0. The number of hydrogen-bond acceptors (Lipinski definition) is 3. The molecule has 0 spiro atoms. The second-order valence-corrected chi connectivity index (χ2v) is 5.52. The maximum absolute atomic E-state index is 5.44. The third kappa shape index (κ3) is 6.17. The molecule has 0 aromatic carbocycles. The zero-order valence-corrected chi connectivity index (χ0v) is 12.6. The lowest BCUT2D eigenvalue weighted by molar-refractivity contribution is 0.112. The van der Waals surface area contributed by atoms with Crippen molar-refractivity contribution in [2.45, 2.75) is 52.0 Å². The molecule has 2 unspecified atom stereocenters. The van der Waals surface area contributed by atoms with Gasteiger partial charge in [0, 0.05) is 25.7 Å². The van der Waals surface area contributed by atoms with E-state index in [4.69, 9.17) is 4.74 Å². The summed E-state index contributed by atoms with van der Waals surface area (Å²) in [4.78, 5) is 2.44. The zero-order chi connectivity index (χ0) is 13.2. The standard InChI is InChI=1S/C15H32N2O/c1-4-16-15-10-8-6-7-9-14(15)13-17(3)11-12-18-5-2/h14-16H,4-13H2,1-3H3. The second kappa shape index (κ2) is 9.76. The predicted molar refractivity (Wildman–Crippen MR) is 78.0 cm³/mol. The third-order valence-electron chi connectivity index (χ3n) is 3.99. The smallest absolute Gasteiger partial charge is 0.0593 e.